The molecule has 2 N–H and O–H groups in total. The second-order valence-electron chi connectivity index (χ2n) is 5.52. The van der Waals surface area contributed by atoms with Crippen LogP contribution in [0.15, 0.2) is 18.2 Å². The smallest absolute Gasteiger partial charge is 0.409 e. The lowest BCUT2D eigenvalue weighted by molar-refractivity contribution is 0.0916. The van der Waals surface area contributed by atoms with E-state index >= 15 is 0 Å². The van der Waals surface area contributed by atoms with Crippen LogP contribution in [0.1, 0.15) is 0 Å². The Hall–Kier alpha value is -2.19. The van der Waals surface area contributed by atoms with E-state index in [0.29, 0.717) is 42.6 Å². The summed E-state index contributed by atoms with van der Waals surface area (Å²) >= 11 is 5.94. The number of hydrogen-bond acceptors (Lipinski definition) is 5. The highest BCUT2D eigenvalue weighted by atomic mass is 35.5. The number of hydrogen-bond donors (Lipinski definition) is 2. The van der Waals surface area contributed by atoms with Gasteiger partial charge in [0.05, 0.1) is 19.9 Å². The minimum absolute atomic E-state index is 0.298. The van der Waals surface area contributed by atoms with Crippen LogP contribution in [-0.4, -0.2) is 75.4 Å². The van der Waals surface area contributed by atoms with Crippen molar-refractivity contribution in [3.63, 3.8) is 0 Å². The number of piperazine rings is 1. The van der Waals surface area contributed by atoms with Crippen LogP contribution in [0.25, 0.3) is 0 Å². The second kappa shape index (κ2) is 9.33. The molecule has 0 bridgehead atoms. The molecule has 25 heavy (non-hydrogen) atoms. The summed E-state index contributed by atoms with van der Waals surface area (Å²) in [5.74, 6) is 0.540. The van der Waals surface area contributed by atoms with Gasteiger partial charge in [-0.2, -0.15) is 0 Å². The van der Waals surface area contributed by atoms with Gasteiger partial charge >= 0.3 is 12.1 Å². The summed E-state index contributed by atoms with van der Waals surface area (Å²) in [6, 6.07) is 4.69. The number of amides is 3. The highest BCUT2D eigenvalue weighted by molar-refractivity contribution is 6.31. The normalized spacial score (nSPS) is 14.8. The molecule has 1 aromatic rings. The maximum absolute atomic E-state index is 12.0. The van der Waals surface area contributed by atoms with Crippen molar-refractivity contribution in [2.45, 2.75) is 0 Å². The maximum Gasteiger partial charge on any atom is 0.409 e. The quantitative estimate of drug-likeness (QED) is 0.826. The first-order valence-corrected chi connectivity index (χ1v) is 8.35. The molecule has 0 saturated carbocycles. The Morgan fingerprint density at radius 3 is 2.56 bits per heavy atom. The van der Waals surface area contributed by atoms with Gasteiger partial charge in [-0.1, -0.05) is 11.6 Å². The number of carbonyl (C=O) groups is 2. The van der Waals surface area contributed by atoms with Gasteiger partial charge in [-0.05, 0) is 18.2 Å². The van der Waals surface area contributed by atoms with Gasteiger partial charge in [0, 0.05) is 44.3 Å². The third-order valence-corrected chi connectivity index (χ3v) is 4.16. The van der Waals surface area contributed by atoms with Crippen LogP contribution in [0.5, 0.6) is 5.75 Å². The molecule has 0 atom stereocenters. The standard InChI is InChI=1S/C16H23ClN4O4/c1-24-14-4-3-12(17)11-13(14)19-15(22)18-5-6-20-7-9-21(10-8-20)16(23)25-2/h3-4,11H,5-10H2,1-2H3,(H2,18,19,22). The Bertz CT molecular complexity index is 606. The zero-order chi connectivity index (χ0) is 18.2. The van der Waals surface area contributed by atoms with Crippen molar-refractivity contribution in [3.8, 4) is 5.75 Å². The predicted molar refractivity (Wildman–Crippen MR) is 95.4 cm³/mol. The molecular weight excluding hydrogens is 348 g/mol. The molecule has 2 rings (SSSR count). The van der Waals surface area contributed by atoms with Gasteiger partial charge in [0.25, 0.3) is 0 Å². The topological polar surface area (TPSA) is 83.1 Å². The van der Waals surface area contributed by atoms with Crippen LogP contribution < -0.4 is 15.4 Å². The minimum Gasteiger partial charge on any atom is -0.495 e. The number of halogens is 1. The third kappa shape index (κ3) is 5.68. The molecule has 9 heteroatoms. The summed E-state index contributed by atoms with van der Waals surface area (Å²) < 4.78 is 9.89. The number of nitrogens with one attached hydrogen (secondary N) is 2. The van der Waals surface area contributed by atoms with Crippen molar-refractivity contribution in [2.24, 2.45) is 0 Å². The fraction of sp³-hybridized carbons (Fsp3) is 0.500. The van der Waals surface area contributed by atoms with Gasteiger partial charge in [0.1, 0.15) is 5.75 Å². The number of rotatable bonds is 5. The Balaban J connectivity index is 1.71. The van der Waals surface area contributed by atoms with Crippen LogP contribution in [0.4, 0.5) is 15.3 Å². The number of methoxy groups -OCH3 is 2. The van der Waals surface area contributed by atoms with Gasteiger partial charge in [0.15, 0.2) is 0 Å². The molecule has 3 amide bonds. The monoisotopic (exact) mass is 370 g/mol. The van der Waals surface area contributed by atoms with Crippen molar-refractivity contribution >= 4 is 29.4 Å². The first-order valence-electron chi connectivity index (χ1n) is 7.97. The summed E-state index contributed by atoms with van der Waals surface area (Å²) in [7, 11) is 2.91. The molecular formula is C16H23ClN4O4. The summed E-state index contributed by atoms with van der Waals surface area (Å²) in [5, 5.41) is 6.03. The summed E-state index contributed by atoms with van der Waals surface area (Å²) in [5.41, 5.74) is 0.513. The Morgan fingerprint density at radius 1 is 1.20 bits per heavy atom. The summed E-state index contributed by atoms with van der Waals surface area (Å²) in [6.07, 6.45) is -0.298. The van der Waals surface area contributed by atoms with Crippen LogP contribution in [-0.2, 0) is 4.74 Å². The largest absolute Gasteiger partial charge is 0.495 e. The first kappa shape index (κ1) is 19.1. The molecule has 0 radical (unpaired) electrons. The van der Waals surface area contributed by atoms with Crippen molar-refractivity contribution < 1.29 is 19.1 Å². The fourth-order valence-corrected chi connectivity index (χ4v) is 2.73. The second-order valence-corrected chi connectivity index (χ2v) is 5.96. The zero-order valence-electron chi connectivity index (χ0n) is 14.4. The van der Waals surface area contributed by atoms with Crippen molar-refractivity contribution in [1.82, 2.24) is 15.1 Å². The molecule has 1 aliphatic rings. The molecule has 0 spiro atoms. The zero-order valence-corrected chi connectivity index (χ0v) is 15.1. The Labute approximate surface area is 152 Å². The van der Waals surface area contributed by atoms with E-state index in [2.05, 4.69) is 15.5 Å². The van der Waals surface area contributed by atoms with Gasteiger partial charge in [-0.3, -0.25) is 4.90 Å². The van der Waals surface area contributed by atoms with E-state index in [1.807, 2.05) is 0 Å². The Kier molecular flexibility index (Phi) is 7.15. The SMILES string of the molecule is COC(=O)N1CCN(CCNC(=O)Nc2cc(Cl)ccc2OC)CC1. The Morgan fingerprint density at radius 2 is 1.92 bits per heavy atom. The molecule has 1 saturated heterocycles. The molecule has 8 nitrogen and oxygen atoms in total. The van der Waals surface area contributed by atoms with Crippen molar-refractivity contribution in [1.29, 1.82) is 0 Å². The fourth-order valence-electron chi connectivity index (χ4n) is 2.56. The molecule has 1 aliphatic heterocycles. The third-order valence-electron chi connectivity index (χ3n) is 3.93. The molecule has 0 aliphatic carbocycles. The van der Waals surface area contributed by atoms with E-state index in [9.17, 15) is 9.59 Å². The van der Waals surface area contributed by atoms with Crippen LogP contribution >= 0.6 is 11.6 Å². The van der Waals surface area contributed by atoms with Gasteiger partial charge in [-0.15, -0.1) is 0 Å². The van der Waals surface area contributed by atoms with Gasteiger partial charge < -0.3 is 25.0 Å². The molecule has 0 unspecified atom stereocenters. The molecule has 1 fully saturated rings. The highest BCUT2D eigenvalue weighted by Gasteiger charge is 2.21. The van der Waals surface area contributed by atoms with E-state index in [1.54, 1.807) is 23.1 Å². The average Bonchev–Trinajstić information content (AvgIpc) is 2.62. The molecule has 138 valence electrons. The predicted octanol–water partition coefficient (Wildman–Crippen LogP) is 1.85. The van der Waals surface area contributed by atoms with Crippen LogP contribution in [0.2, 0.25) is 5.02 Å². The number of carbonyl (C=O) groups excluding carboxylic acids is 2. The molecule has 1 heterocycles. The van der Waals surface area contributed by atoms with Crippen LogP contribution in [0, 0.1) is 0 Å². The number of urea groups is 1. The van der Waals surface area contributed by atoms with Crippen LogP contribution in [0.3, 0.4) is 0 Å². The molecule has 1 aromatic carbocycles. The van der Waals surface area contributed by atoms with Crippen molar-refractivity contribution in [3.05, 3.63) is 23.2 Å². The number of anilines is 1. The van der Waals surface area contributed by atoms with Gasteiger partial charge in [-0.25, -0.2) is 9.59 Å². The maximum atomic E-state index is 12.0. The van der Waals surface area contributed by atoms with Gasteiger partial charge in [0.2, 0.25) is 0 Å². The summed E-state index contributed by atoms with van der Waals surface area (Å²) in [6.45, 7) is 3.94. The number of ether oxygens (including phenoxy) is 2. The number of benzene rings is 1. The average molecular weight is 371 g/mol. The lowest BCUT2D eigenvalue weighted by atomic mass is 10.3. The van der Waals surface area contributed by atoms with E-state index < -0.39 is 0 Å². The minimum atomic E-state index is -0.325. The first-order chi connectivity index (χ1) is 12.0. The number of nitrogens with zero attached hydrogens (tertiary/aromatic N) is 2. The van der Waals surface area contributed by atoms with E-state index in [0.717, 1.165) is 13.1 Å². The lowest BCUT2D eigenvalue weighted by Gasteiger charge is -2.33. The summed E-state index contributed by atoms with van der Waals surface area (Å²) in [4.78, 5) is 27.3. The highest BCUT2D eigenvalue weighted by Crippen LogP contribution is 2.27. The van der Waals surface area contributed by atoms with E-state index in [-0.39, 0.29) is 12.1 Å². The van der Waals surface area contributed by atoms with E-state index in [1.165, 1.54) is 14.2 Å². The lowest BCUT2D eigenvalue weighted by Crippen LogP contribution is -2.50. The van der Waals surface area contributed by atoms with E-state index in [4.69, 9.17) is 21.1 Å². The molecule has 0 aromatic heterocycles. The van der Waals surface area contributed by atoms with Crippen molar-refractivity contribution in [2.75, 3.05) is 58.8 Å².